The van der Waals surface area contributed by atoms with Crippen molar-refractivity contribution in [1.82, 2.24) is 0 Å². The highest BCUT2D eigenvalue weighted by atomic mass is 14.7. The Balaban J connectivity index is 1.68. The first kappa shape index (κ1) is 18.2. The fourth-order valence-corrected chi connectivity index (χ4v) is 8.32. The predicted molar refractivity (Wildman–Crippen MR) is 144 cm³/mol. The molecule has 0 nitrogen and oxygen atoms in total. The molecule has 162 valence electrons. The van der Waals surface area contributed by atoms with Gasteiger partial charge in [0.15, 0.2) is 0 Å². The van der Waals surface area contributed by atoms with Crippen LogP contribution in [0.15, 0.2) is 115 Å². The van der Waals surface area contributed by atoms with Gasteiger partial charge in [0.1, 0.15) is 0 Å². The SMILES string of the molecule is Cc1ccc2c3c(cccc13)C13c4ccccc4-c4ccccc4C21c1cccc2cccc3c12. The second kappa shape index (κ2) is 5.73. The summed E-state index contributed by atoms with van der Waals surface area (Å²) in [5.41, 5.74) is 12.2. The summed E-state index contributed by atoms with van der Waals surface area (Å²) in [6.45, 7) is 2.26. The summed E-state index contributed by atoms with van der Waals surface area (Å²) >= 11 is 0. The molecule has 0 fully saturated rings. The predicted octanol–water partition coefficient (Wildman–Crippen LogP) is 8.28. The highest BCUT2D eigenvalue weighted by Crippen LogP contribution is 2.74. The number of benzene rings is 6. The van der Waals surface area contributed by atoms with Crippen LogP contribution in [-0.4, -0.2) is 0 Å². The van der Waals surface area contributed by atoms with Crippen molar-refractivity contribution in [3.63, 3.8) is 0 Å². The Morgan fingerprint density at radius 1 is 0.400 bits per heavy atom. The van der Waals surface area contributed by atoms with E-state index in [1.54, 1.807) is 0 Å². The molecule has 0 spiro atoms. The molecule has 6 aromatic rings. The molecule has 0 aromatic heterocycles. The Bertz CT molecular complexity index is 1820. The van der Waals surface area contributed by atoms with E-state index in [0.717, 1.165) is 0 Å². The summed E-state index contributed by atoms with van der Waals surface area (Å²) in [5, 5.41) is 5.61. The molecule has 0 N–H and O–H groups in total. The lowest BCUT2D eigenvalue weighted by Crippen LogP contribution is -2.48. The van der Waals surface area contributed by atoms with Crippen molar-refractivity contribution in [2.24, 2.45) is 0 Å². The van der Waals surface area contributed by atoms with Gasteiger partial charge in [-0.15, -0.1) is 0 Å². The van der Waals surface area contributed by atoms with E-state index in [1.807, 2.05) is 0 Å². The molecule has 0 aliphatic heterocycles. The molecule has 0 saturated carbocycles. The molecule has 0 amide bonds. The van der Waals surface area contributed by atoms with Gasteiger partial charge in [0.2, 0.25) is 0 Å². The van der Waals surface area contributed by atoms with Gasteiger partial charge in [-0.25, -0.2) is 0 Å². The third kappa shape index (κ3) is 1.67. The molecule has 9 rings (SSSR count). The zero-order valence-electron chi connectivity index (χ0n) is 19.5. The molecule has 0 bridgehead atoms. The zero-order chi connectivity index (χ0) is 22.9. The first-order valence-electron chi connectivity index (χ1n) is 12.5. The Labute approximate surface area is 204 Å². The summed E-state index contributed by atoms with van der Waals surface area (Å²) in [7, 11) is 0. The van der Waals surface area contributed by atoms with Crippen molar-refractivity contribution in [1.29, 1.82) is 0 Å². The highest BCUT2D eigenvalue weighted by molar-refractivity contribution is 6.10. The summed E-state index contributed by atoms with van der Waals surface area (Å²) < 4.78 is 0. The van der Waals surface area contributed by atoms with Crippen LogP contribution < -0.4 is 0 Å². The third-order valence-electron chi connectivity index (χ3n) is 9.29. The van der Waals surface area contributed by atoms with Crippen LogP contribution in [0, 0.1) is 6.92 Å². The smallest absolute Gasteiger partial charge is 0.0619 e. The first-order chi connectivity index (χ1) is 17.3. The van der Waals surface area contributed by atoms with Crippen molar-refractivity contribution >= 4 is 21.5 Å². The van der Waals surface area contributed by atoms with Crippen LogP contribution in [-0.2, 0) is 10.8 Å². The van der Waals surface area contributed by atoms with Gasteiger partial charge in [-0.3, -0.25) is 0 Å². The van der Waals surface area contributed by atoms with Crippen LogP contribution in [0.3, 0.4) is 0 Å². The van der Waals surface area contributed by atoms with Crippen molar-refractivity contribution in [3.8, 4) is 11.1 Å². The minimum absolute atomic E-state index is 0.295. The molecular weight excluding hydrogens is 420 g/mol. The quantitative estimate of drug-likeness (QED) is 0.222. The van der Waals surface area contributed by atoms with Gasteiger partial charge in [0, 0.05) is 0 Å². The number of aryl methyl sites for hydroxylation is 1. The molecule has 0 heteroatoms. The maximum atomic E-state index is 2.44. The maximum Gasteiger partial charge on any atom is 0.0648 e. The Kier molecular flexibility index (Phi) is 2.98. The second-order valence-corrected chi connectivity index (χ2v) is 10.5. The van der Waals surface area contributed by atoms with Gasteiger partial charge in [0.25, 0.3) is 0 Å². The topological polar surface area (TPSA) is 0 Å². The van der Waals surface area contributed by atoms with Crippen LogP contribution in [0.5, 0.6) is 0 Å². The molecule has 2 unspecified atom stereocenters. The van der Waals surface area contributed by atoms with E-state index in [2.05, 4.69) is 122 Å². The molecule has 6 aromatic carbocycles. The number of rotatable bonds is 0. The Morgan fingerprint density at radius 3 is 1.51 bits per heavy atom. The fraction of sp³-hybridized carbons (Fsp3) is 0.0857. The molecular formula is C35H22. The lowest BCUT2D eigenvalue weighted by Gasteiger charge is -2.50. The zero-order valence-corrected chi connectivity index (χ0v) is 19.5. The average Bonchev–Trinajstić information content (AvgIpc) is 3.35. The Hall–Kier alpha value is -4.16. The van der Waals surface area contributed by atoms with Gasteiger partial charge in [-0.1, -0.05) is 115 Å². The summed E-state index contributed by atoms with van der Waals surface area (Å²) in [6, 6.07) is 44.1. The summed E-state index contributed by atoms with van der Waals surface area (Å²) in [6.07, 6.45) is 0. The lowest BCUT2D eigenvalue weighted by atomic mass is 9.50. The van der Waals surface area contributed by atoms with E-state index in [-0.39, 0.29) is 10.8 Å². The molecule has 0 heterocycles. The maximum absolute atomic E-state index is 2.44. The van der Waals surface area contributed by atoms with E-state index in [1.165, 1.54) is 71.6 Å². The fourth-order valence-electron chi connectivity index (χ4n) is 8.32. The van der Waals surface area contributed by atoms with Gasteiger partial charge >= 0.3 is 0 Å². The normalized spacial score (nSPS) is 22.1. The number of fused-ring (bicyclic) bond motifs is 3. The second-order valence-electron chi connectivity index (χ2n) is 10.5. The summed E-state index contributed by atoms with van der Waals surface area (Å²) in [4.78, 5) is 0. The molecule has 3 aliphatic carbocycles. The molecule has 35 heavy (non-hydrogen) atoms. The van der Waals surface area contributed by atoms with Gasteiger partial charge in [-0.2, -0.15) is 0 Å². The van der Waals surface area contributed by atoms with Crippen LogP contribution in [0.25, 0.3) is 32.7 Å². The molecule has 0 saturated heterocycles. The first-order valence-corrected chi connectivity index (χ1v) is 12.5. The van der Waals surface area contributed by atoms with E-state index in [9.17, 15) is 0 Å². The van der Waals surface area contributed by atoms with Gasteiger partial charge < -0.3 is 0 Å². The molecule has 3 aliphatic rings. The van der Waals surface area contributed by atoms with Crippen molar-refractivity contribution in [2.45, 2.75) is 17.8 Å². The standard InChI is InChI=1S/C35H22/c1-21-19-20-31-33-23(21)13-8-18-30(33)34-26-14-4-2-11-24(26)25-12-3-5-15-27(25)35(31,34)29-17-7-10-22-9-6-16-28(34)32(22)29/h2-20H,1H3. The number of hydrogen-bond acceptors (Lipinski definition) is 0. The van der Waals surface area contributed by atoms with E-state index in [4.69, 9.17) is 0 Å². The lowest BCUT2D eigenvalue weighted by molar-refractivity contribution is 0.461. The minimum Gasteiger partial charge on any atom is -0.0619 e. The monoisotopic (exact) mass is 442 g/mol. The van der Waals surface area contributed by atoms with Gasteiger partial charge in [-0.05, 0) is 78.5 Å². The summed E-state index contributed by atoms with van der Waals surface area (Å²) in [5.74, 6) is 0. The van der Waals surface area contributed by atoms with E-state index < -0.39 is 0 Å². The van der Waals surface area contributed by atoms with Crippen molar-refractivity contribution in [2.75, 3.05) is 0 Å². The van der Waals surface area contributed by atoms with Gasteiger partial charge in [0.05, 0.1) is 10.8 Å². The molecule has 0 radical (unpaired) electrons. The average molecular weight is 443 g/mol. The number of hydrogen-bond donors (Lipinski definition) is 0. The van der Waals surface area contributed by atoms with Crippen LogP contribution in [0.2, 0.25) is 0 Å². The van der Waals surface area contributed by atoms with E-state index >= 15 is 0 Å². The minimum atomic E-state index is -0.295. The van der Waals surface area contributed by atoms with E-state index in [0.29, 0.717) is 0 Å². The van der Waals surface area contributed by atoms with Crippen molar-refractivity contribution in [3.05, 3.63) is 154 Å². The van der Waals surface area contributed by atoms with Crippen molar-refractivity contribution < 1.29 is 0 Å². The van der Waals surface area contributed by atoms with Crippen LogP contribution in [0.4, 0.5) is 0 Å². The molecule has 2 atom stereocenters. The largest absolute Gasteiger partial charge is 0.0648 e. The third-order valence-corrected chi connectivity index (χ3v) is 9.29. The Morgan fingerprint density at radius 2 is 0.886 bits per heavy atom. The highest BCUT2D eigenvalue weighted by Gasteiger charge is 2.68. The van der Waals surface area contributed by atoms with Crippen LogP contribution in [0.1, 0.15) is 38.9 Å². The van der Waals surface area contributed by atoms with Crippen LogP contribution >= 0.6 is 0 Å².